The fourth-order valence-electron chi connectivity index (χ4n) is 2.32. The summed E-state index contributed by atoms with van der Waals surface area (Å²) >= 11 is 0. The maximum Gasteiger partial charge on any atom is 0.162 e. The molecule has 0 fully saturated rings. The zero-order valence-electron chi connectivity index (χ0n) is 12.8. The fourth-order valence-corrected chi connectivity index (χ4v) is 2.32. The monoisotopic (exact) mass is 269 g/mol. The number of aromatic nitrogens is 2. The van der Waals surface area contributed by atoms with E-state index in [9.17, 15) is 0 Å². The lowest BCUT2D eigenvalue weighted by Crippen LogP contribution is -2.04. The second-order valence-corrected chi connectivity index (χ2v) is 5.43. The van der Waals surface area contributed by atoms with E-state index < -0.39 is 0 Å². The minimum Gasteiger partial charge on any atom is -0.373 e. The van der Waals surface area contributed by atoms with Crippen LogP contribution in [0.5, 0.6) is 0 Å². The minimum absolute atomic E-state index is 0.587. The van der Waals surface area contributed by atoms with Crippen LogP contribution in [-0.4, -0.2) is 17.0 Å². The first kappa shape index (κ1) is 14.5. The maximum absolute atomic E-state index is 4.75. The van der Waals surface area contributed by atoms with Gasteiger partial charge in [0.25, 0.3) is 0 Å². The molecule has 0 saturated heterocycles. The third-order valence-electron chi connectivity index (χ3n) is 3.29. The third kappa shape index (κ3) is 3.35. The van der Waals surface area contributed by atoms with Crippen molar-refractivity contribution in [2.75, 3.05) is 12.4 Å². The first-order valence-electron chi connectivity index (χ1n) is 7.28. The SMILES string of the molecule is CCc1ccccc1-c1nc(CC(C)C)cc(NC)n1. The Morgan fingerprint density at radius 3 is 2.55 bits per heavy atom. The van der Waals surface area contributed by atoms with Crippen LogP contribution in [0.2, 0.25) is 0 Å². The summed E-state index contributed by atoms with van der Waals surface area (Å²) in [6.07, 6.45) is 1.96. The van der Waals surface area contributed by atoms with Crippen molar-refractivity contribution >= 4 is 5.82 Å². The predicted octanol–water partition coefficient (Wildman–Crippen LogP) is 3.95. The number of anilines is 1. The average Bonchev–Trinajstić information content (AvgIpc) is 2.46. The highest BCUT2D eigenvalue weighted by Crippen LogP contribution is 2.23. The summed E-state index contributed by atoms with van der Waals surface area (Å²) in [5, 5.41) is 3.14. The lowest BCUT2D eigenvalue weighted by molar-refractivity contribution is 0.635. The van der Waals surface area contributed by atoms with Gasteiger partial charge in [0.05, 0.1) is 0 Å². The number of aryl methyl sites for hydroxylation is 1. The van der Waals surface area contributed by atoms with Crippen molar-refractivity contribution < 1.29 is 0 Å². The summed E-state index contributed by atoms with van der Waals surface area (Å²) in [5.41, 5.74) is 3.52. The third-order valence-corrected chi connectivity index (χ3v) is 3.29. The Labute approximate surface area is 121 Å². The molecule has 1 aromatic carbocycles. The van der Waals surface area contributed by atoms with E-state index in [1.165, 1.54) is 5.56 Å². The smallest absolute Gasteiger partial charge is 0.162 e. The molecule has 1 aromatic heterocycles. The molecule has 20 heavy (non-hydrogen) atoms. The van der Waals surface area contributed by atoms with E-state index >= 15 is 0 Å². The van der Waals surface area contributed by atoms with Gasteiger partial charge >= 0.3 is 0 Å². The highest BCUT2D eigenvalue weighted by molar-refractivity contribution is 5.62. The second-order valence-electron chi connectivity index (χ2n) is 5.43. The van der Waals surface area contributed by atoms with Crippen molar-refractivity contribution in [3.8, 4) is 11.4 Å². The van der Waals surface area contributed by atoms with Crippen molar-refractivity contribution in [1.29, 1.82) is 0 Å². The lowest BCUT2D eigenvalue weighted by Gasteiger charge is -2.11. The Bertz CT molecular complexity index is 576. The van der Waals surface area contributed by atoms with Crippen LogP contribution in [-0.2, 0) is 12.8 Å². The van der Waals surface area contributed by atoms with Crippen molar-refractivity contribution in [2.24, 2.45) is 5.92 Å². The molecule has 3 heteroatoms. The molecule has 0 spiro atoms. The molecule has 2 aromatic rings. The van der Waals surface area contributed by atoms with Crippen LogP contribution >= 0.6 is 0 Å². The zero-order valence-corrected chi connectivity index (χ0v) is 12.8. The Kier molecular flexibility index (Phi) is 4.72. The topological polar surface area (TPSA) is 37.8 Å². The summed E-state index contributed by atoms with van der Waals surface area (Å²) in [7, 11) is 1.90. The number of nitrogens with zero attached hydrogens (tertiary/aromatic N) is 2. The summed E-state index contributed by atoms with van der Waals surface area (Å²) in [6, 6.07) is 10.4. The van der Waals surface area contributed by atoms with Gasteiger partial charge in [0, 0.05) is 24.4 Å². The van der Waals surface area contributed by atoms with Gasteiger partial charge in [0.15, 0.2) is 5.82 Å². The fraction of sp³-hybridized carbons (Fsp3) is 0.412. The Balaban J connectivity index is 2.49. The minimum atomic E-state index is 0.587. The molecule has 0 aliphatic rings. The van der Waals surface area contributed by atoms with Crippen LogP contribution in [0.3, 0.4) is 0 Å². The standard InChI is InChI=1S/C17H23N3/c1-5-13-8-6-7-9-15(13)17-19-14(10-12(2)3)11-16(18-4)20-17/h6-9,11-12H,5,10H2,1-4H3,(H,18,19,20). The molecule has 0 amide bonds. The molecule has 0 aliphatic carbocycles. The highest BCUT2D eigenvalue weighted by atomic mass is 15.0. The van der Waals surface area contributed by atoms with Gasteiger partial charge in [0.1, 0.15) is 5.82 Å². The van der Waals surface area contributed by atoms with Gasteiger partial charge < -0.3 is 5.32 Å². The number of hydrogen-bond acceptors (Lipinski definition) is 3. The highest BCUT2D eigenvalue weighted by Gasteiger charge is 2.10. The van der Waals surface area contributed by atoms with Gasteiger partial charge in [0.2, 0.25) is 0 Å². The number of rotatable bonds is 5. The quantitative estimate of drug-likeness (QED) is 0.893. The van der Waals surface area contributed by atoms with Gasteiger partial charge in [-0.2, -0.15) is 0 Å². The summed E-state index contributed by atoms with van der Waals surface area (Å²) in [5.74, 6) is 2.30. The zero-order chi connectivity index (χ0) is 14.5. The largest absolute Gasteiger partial charge is 0.373 e. The predicted molar refractivity (Wildman–Crippen MR) is 84.9 cm³/mol. The Hall–Kier alpha value is -1.90. The number of hydrogen-bond donors (Lipinski definition) is 1. The van der Waals surface area contributed by atoms with Crippen LogP contribution in [0.15, 0.2) is 30.3 Å². The molecule has 0 unspecified atom stereocenters. The van der Waals surface area contributed by atoms with Crippen LogP contribution in [0.25, 0.3) is 11.4 Å². The average molecular weight is 269 g/mol. The number of nitrogens with one attached hydrogen (secondary N) is 1. The number of benzene rings is 1. The van der Waals surface area contributed by atoms with E-state index in [0.29, 0.717) is 5.92 Å². The molecule has 3 nitrogen and oxygen atoms in total. The first-order chi connectivity index (χ1) is 9.63. The molecule has 1 heterocycles. The molecule has 0 aliphatic heterocycles. The van der Waals surface area contributed by atoms with E-state index in [0.717, 1.165) is 35.7 Å². The molecule has 0 bridgehead atoms. The van der Waals surface area contributed by atoms with Crippen LogP contribution in [0, 0.1) is 5.92 Å². The maximum atomic E-state index is 4.75. The molecular weight excluding hydrogens is 246 g/mol. The van der Waals surface area contributed by atoms with Gasteiger partial charge in [-0.1, -0.05) is 45.0 Å². The van der Waals surface area contributed by atoms with Crippen molar-refractivity contribution in [3.63, 3.8) is 0 Å². The van der Waals surface area contributed by atoms with Crippen molar-refractivity contribution in [1.82, 2.24) is 9.97 Å². The van der Waals surface area contributed by atoms with Gasteiger partial charge in [-0.25, -0.2) is 9.97 Å². The van der Waals surface area contributed by atoms with Gasteiger partial charge in [-0.3, -0.25) is 0 Å². The summed E-state index contributed by atoms with van der Waals surface area (Å²) in [6.45, 7) is 6.58. The van der Waals surface area contributed by atoms with E-state index in [4.69, 9.17) is 4.98 Å². The van der Waals surface area contributed by atoms with E-state index in [2.05, 4.69) is 49.3 Å². The van der Waals surface area contributed by atoms with Crippen LogP contribution in [0.1, 0.15) is 32.0 Å². The summed E-state index contributed by atoms with van der Waals surface area (Å²) in [4.78, 5) is 9.37. The molecule has 0 saturated carbocycles. The van der Waals surface area contributed by atoms with E-state index in [-0.39, 0.29) is 0 Å². The Morgan fingerprint density at radius 1 is 1.15 bits per heavy atom. The second kappa shape index (κ2) is 6.51. The van der Waals surface area contributed by atoms with Crippen LogP contribution < -0.4 is 5.32 Å². The van der Waals surface area contributed by atoms with Gasteiger partial charge in [-0.15, -0.1) is 0 Å². The van der Waals surface area contributed by atoms with E-state index in [1.54, 1.807) is 0 Å². The van der Waals surface area contributed by atoms with Crippen molar-refractivity contribution in [3.05, 3.63) is 41.6 Å². The molecule has 1 N–H and O–H groups in total. The lowest BCUT2D eigenvalue weighted by atomic mass is 10.0. The molecule has 0 atom stereocenters. The Morgan fingerprint density at radius 2 is 1.90 bits per heavy atom. The summed E-state index contributed by atoms with van der Waals surface area (Å²) < 4.78 is 0. The molecular formula is C17H23N3. The van der Waals surface area contributed by atoms with E-state index in [1.807, 2.05) is 19.2 Å². The normalized spacial score (nSPS) is 10.8. The van der Waals surface area contributed by atoms with Crippen molar-refractivity contribution in [2.45, 2.75) is 33.6 Å². The van der Waals surface area contributed by atoms with Crippen LogP contribution in [0.4, 0.5) is 5.82 Å². The molecule has 106 valence electrons. The van der Waals surface area contributed by atoms with Gasteiger partial charge in [-0.05, 0) is 24.3 Å². The molecule has 2 rings (SSSR count). The first-order valence-corrected chi connectivity index (χ1v) is 7.28. The molecule has 0 radical (unpaired) electrons.